The van der Waals surface area contributed by atoms with Crippen LogP contribution >= 0.6 is 0 Å². The van der Waals surface area contributed by atoms with Gasteiger partial charge in [0.05, 0.1) is 0 Å². The van der Waals surface area contributed by atoms with Gasteiger partial charge in [-0.05, 0) is 24.8 Å². The van der Waals surface area contributed by atoms with Crippen LogP contribution in [0.25, 0.3) is 0 Å². The van der Waals surface area contributed by atoms with Crippen molar-refractivity contribution < 1.29 is 4.92 Å². The monoisotopic (exact) mass is 234 g/mol. The smallest absolute Gasteiger partial charge is 0.264 e. The summed E-state index contributed by atoms with van der Waals surface area (Å²) in [4.78, 5) is 9.69. The van der Waals surface area contributed by atoms with Crippen LogP contribution in [-0.4, -0.2) is 4.92 Å². The van der Waals surface area contributed by atoms with Gasteiger partial charge in [-0.3, -0.25) is 10.1 Å². The summed E-state index contributed by atoms with van der Waals surface area (Å²) in [6.07, 6.45) is 7.38. The summed E-state index contributed by atoms with van der Waals surface area (Å²) in [6, 6.07) is 10.5. The van der Waals surface area contributed by atoms with Gasteiger partial charge in [-0.1, -0.05) is 49.6 Å². The molecule has 0 bridgehead atoms. The Morgan fingerprint density at radius 2 is 1.65 bits per heavy atom. The molecule has 93 valence electrons. The van der Waals surface area contributed by atoms with Gasteiger partial charge in [0.2, 0.25) is 0 Å². The highest BCUT2D eigenvalue weighted by molar-refractivity contribution is 5.14. The Kier molecular flexibility index (Phi) is 7.03. The Labute approximate surface area is 103 Å². The normalized spacial score (nSPS) is 10.4. The zero-order valence-corrected chi connectivity index (χ0v) is 10.2. The van der Waals surface area contributed by atoms with E-state index in [1.807, 2.05) is 6.07 Å². The maximum Gasteiger partial charge on any atom is 0.279 e. The predicted molar refractivity (Wildman–Crippen MR) is 69.1 cm³/mol. The van der Waals surface area contributed by atoms with E-state index >= 15 is 0 Å². The van der Waals surface area contributed by atoms with Crippen molar-refractivity contribution in [3.63, 3.8) is 0 Å². The van der Waals surface area contributed by atoms with Crippen molar-refractivity contribution in [2.75, 3.05) is 0 Å². The van der Waals surface area contributed by atoms with Crippen LogP contribution in [0.4, 0.5) is 0 Å². The molecule has 0 aliphatic heterocycles. The van der Waals surface area contributed by atoms with Crippen LogP contribution in [0, 0.1) is 16.7 Å². The van der Waals surface area contributed by atoms with Crippen molar-refractivity contribution in [3.8, 4) is 0 Å². The summed E-state index contributed by atoms with van der Waals surface area (Å²) < 4.78 is 0. The lowest BCUT2D eigenvalue weighted by Gasteiger charge is -2.01. The maximum atomic E-state index is 10.0. The number of hydrogen-bond donors (Lipinski definition) is 0. The first kappa shape index (κ1) is 13.7. The van der Waals surface area contributed by atoms with Crippen LogP contribution in [0.15, 0.2) is 30.3 Å². The molecular weight excluding hydrogens is 214 g/mol. The fraction of sp³-hybridized carbons (Fsp3) is 0.500. The molecule has 0 aliphatic carbocycles. The molecule has 3 heteroatoms. The fourth-order valence-electron chi connectivity index (χ4n) is 1.85. The SMILES string of the molecule is O=[N+]([O-])[CH]CCCCCCCc1ccccc1. The molecular formula is C14H20NO2. The molecule has 0 aromatic heterocycles. The molecule has 0 unspecified atom stereocenters. The third-order valence-corrected chi connectivity index (χ3v) is 2.79. The molecule has 0 fully saturated rings. The van der Waals surface area contributed by atoms with Gasteiger partial charge in [-0.15, -0.1) is 0 Å². The summed E-state index contributed by atoms with van der Waals surface area (Å²) in [6.45, 7) is 1.16. The number of benzene rings is 1. The number of rotatable bonds is 9. The van der Waals surface area contributed by atoms with Gasteiger partial charge in [-0.2, -0.15) is 0 Å². The number of hydrogen-bond acceptors (Lipinski definition) is 2. The standard InChI is InChI=1S/C14H20NO2/c16-15(17)13-9-4-2-1-3-6-10-14-11-7-5-8-12-14/h5,7-8,11-13H,1-4,6,9-10H2. The van der Waals surface area contributed by atoms with Crippen LogP contribution in [0.5, 0.6) is 0 Å². The first-order valence-electron chi connectivity index (χ1n) is 6.30. The van der Waals surface area contributed by atoms with Crippen LogP contribution < -0.4 is 0 Å². The Morgan fingerprint density at radius 1 is 1.00 bits per heavy atom. The second-order valence-electron chi connectivity index (χ2n) is 4.26. The Bertz CT molecular complexity index is 311. The van der Waals surface area contributed by atoms with Gasteiger partial charge in [0, 0.05) is 11.3 Å². The van der Waals surface area contributed by atoms with Gasteiger partial charge in [-0.25, -0.2) is 0 Å². The van der Waals surface area contributed by atoms with E-state index in [-0.39, 0.29) is 4.92 Å². The van der Waals surface area contributed by atoms with E-state index < -0.39 is 0 Å². The number of nitro groups is 1. The van der Waals surface area contributed by atoms with Crippen molar-refractivity contribution in [1.82, 2.24) is 0 Å². The summed E-state index contributed by atoms with van der Waals surface area (Å²) >= 11 is 0. The first-order chi connectivity index (χ1) is 8.29. The molecule has 1 aromatic carbocycles. The second kappa shape index (κ2) is 8.74. The highest BCUT2D eigenvalue weighted by Gasteiger charge is 1.98. The van der Waals surface area contributed by atoms with Gasteiger partial charge >= 0.3 is 0 Å². The quantitative estimate of drug-likeness (QED) is 0.368. The molecule has 17 heavy (non-hydrogen) atoms. The largest absolute Gasteiger partial charge is 0.279 e. The van der Waals surface area contributed by atoms with Gasteiger partial charge in [0.15, 0.2) is 0 Å². The number of nitrogens with zero attached hydrogens (tertiary/aromatic N) is 1. The van der Waals surface area contributed by atoms with Crippen LogP contribution in [-0.2, 0) is 6.42 Å². The van der Waals surface area contributed by atoms with Crippen molar-refractivity contribution in [2.24, 2.45) is 0 Å². The molecule has 0 spiro atoms. The minimum Gasteiger partial charge on any atom is -0.264 e. The molecule has 0 heterocycles. The lowest BCUT2D eigenvalue weighted by Crippen LogP contribution is -1.92. The zero-order chi connectivity index (χ0) is 12.3. The van der Waals surface area contributed by atoms with Gasteiger partial charge < -0.3 is 0 Å². The Hall–Kier alpha value is -1.38. The van der Waals surface area contributed by atoms with Gasteiger partial charge in [0.25, 0.3) is 6.54 Å². The first-order valence-corrected chi connectivity index (χ1v) is 6.30. The molecule has 1 rings (SSSR count). The summed E-state index contributed by atoms with van der Waals surface area (Å²) in [5, 5.41) is 10.0. The van der Waals surface area contributed by atoms with Crippen LogP contribution in [0.3, 0.4) is 0 Å². The highest BCUT2D eigenvalue weighted by Crippen LogP contribution is 2.10. The molecule has 0 atom stereocenters. The third kappa shape index (κ3) is 7.50. The van der Waals surface area contributed by atoms with Crippen molar-refractivity contribution in [3.05, 3.63) is 52.6 Å². The topological polar surface area (TPSA) is 43.1 Å². The maximum absolute atomic E-state index is 10.0. The number of aryl methyl sites for hydroxylation is 1. The molecule has 0 N–H and O–H groups in total. The number of unbranched alkanes of at least 4 members (excludes halogenated alkanes) is 5. The third-order valence-electron chi connectivity index (χ3n) is 2.79. The molecule has 0 amide bonds. The van der Waals surface area contributed by atoms with Crippen molar-refractivity contribution in [2.45, 2.75) is 44.9 Å². The highest BCUT2D eigenvalue weighted by atomic mass is 16.6. The van der Waals surface area contributed by atoms with E-state index in [1.165, 1.54) is 24.8 Å². The minimum atomic E-state index is -0.352. The predicted octanol–water partition coefficient (Wildman–Crippen LogP) is 4.01. The van der Waals surface area contributed by atoms with E-state index in [4.69, 9.17) is 0 Å². The summed E-state index contributed by atoms with van der Waals surface area (Å²) in [7, 11) is 0. The minimum absolute atomic E-state index is 0.352. The van der Waals surface area contributed by atoms with E-state index in [9.17, 15) is 10.1 Å². The Balaban J connectivity index is 1.90. The fourth-order valence-corrected chi connectivity index (χ4v) is 1.85. The van der Waals surface area contributed by atoms with E-state index in [0.717, 1.165) is 25.8 Å². The van der Waals surface area contributed by atoms with Crippen molar-refractivity contribution in [1.29, 1.82) is 0 Å². The van der Waals surface area contributed by atoms with E-state index in [2.05, 4.69) is 24.3 Å². The van der Waals surface area contributed by atoms with E-state index in [0.29, 0.717) is 6.42 Å². The van der Waals surface area contributed by atoms with Crippen LogP contribution in [0.2, 0.25) is 0 Å². The summed E-state index contributed by atoms with van der Waals surface area (Å²) in [5.74, 6) is 0. The molecule has 1 aromatic rings. The second-order valence-corrected chi connectivity index (χ2v) is 4.26. The van der Waals surface area contributed by atoms with E-state index in [1.54, 1.807) is 0 Å². The average Bonchev–Trinajstić information content (AvgIpc) is 2.33. The average molecular weight is 234 g/mol. The Morgan fingerprint density at radius 3 is 2.35 bits per heavy atom. The molecule has 1 radical (unpaired) electrons. The molecule has 3 nitrogen and oxygen atoms in total. The van der Waals surface area contributed by atoms with Gasteiger partial charge in [0.1, 0.15) is 0 Å². The molecule has 0 aliphatic rings. The summed E-state index contributed by atoms with van der Waals surface area (Å²) in [5.41, 5.74) is 1.40. The lowest BCUT2D eigenvalue weighted by atomic mass is 10.1. The van der Waals surface area contributed by atoms with Crippen LogP contribution in [0.1, 0.15) is 44.1 Å². The lowest BCUT2D eigenvalue weighted by molar-refractivity contribution is -0.438. The molecule has 0 saturated heterocycles. The molecule has 0 saturated carbocycles. The zero-order valence-electron chi connectivity index (χ0n) is 10.2. The van der Waals surface area contributed by atoms with Crippen molar-refractivity contribution >= 4 is 0 Å².